The van der Waals surface area contributed by atoms with E-state index in [9.17, 15) is 9.90 Å². The van der Waals surface area contributed by atoms with E-state index in [2.05, 4.69) is 35.7 Å². The van der Waals surface area contributed by atoms with Crippen molar-refractivity contribution in [3.8, 4) is 0 Å². The van der Waals surface area contributed by atoms with Gasteiger partial charge in [0.05, 0.1) is 0 Å². The number of carboxylic acids is 1. The van der Waals surface area contributed by atoms with Gasteiger partial charge in [-0.1, -0.05) is 0 Å². The van der Waals surface area contributed by atoms with Gasteiger partial charge in [-0.2, -0.15) is 0 Å². The van der Waals surface area contributed by atoms with Crippen LogP contribution in [-0.2, 0) is 4.79 Å². The van der Waals surface area contributed by atoms with Gasteiger partial charge in [-0.3, -0.25) is 9.69 Å². The van der Waals surface area contributed by atoms with Crippen molar-refractivity contribution in [1.29, 1.82) is 0 Å². The Morgan fingerprint density at radius 1 is 1.17 bits per heavy atom. The smallest absolute Gasteiger partial charge is 0.324 e. The highest BCUT2D eigenvalue weighted by Gasteiger charge is 2.48. The summed E-state index contributed by atoms with van der Waals surface area (Å²) in [7, 11) is 4.18. The fourth-order valence-electron chi connectivity index (χ4n) is 3.18. The van der Waals surface area contributed by atoms with E-state index in [-0.39, 0.29) is 0 Å². The zero-order valence-corrected chi connectivity index (χ0v) is 11.7. The number of hydrogen-bond donors (Lipinski definition) is 1. The molecule has 0 spiro atoms. The first-order valence-electron chi connectivity index (χ1n) is 6.83. The van der Waals surface area contributed by atoms with E-state index in [0.717, 1.165) is 45.6 Å². The van der Waals surface area contributed by atoms with Crippen LogP contribution in [-0.4, -0.2) is 84.2 Å². The molecule has 2 heterocycles. The molecule has 0 saturated carbocycles. The Morgan fingerprint density at radius 2 is 1.78 bits per heavy atom. The Labute approximate surface area is 109 Å². The summed E-state index contributed by atoms with van der Waals surface area (Å²) >= 11 is 0. The molecule has 2 rings (SSSR count). The minimum absolute atomic E-state index is 0.342. The van der Waals surface area contributed by atoms with E-state index in [0.29, 0.717) is 6.04 Å². The fraction of sp³-hybridized carbons (Fsp3) is 0.923. The number of nitrogens with zero attached hydrogens (tertiary/aromatic N) is 3. The monoisotopic (exact) mass is 255 g/mol. The second-order valence-corrected chi connectivity index (χ2v) is 5.91. The molecule has 2 unspecified atom stereocenters. The molecule has 0 aromatic carbocycles. The van der Waals surface area contributed by atoms with E-state index >= 15 is 0 Å². The SMILES string of the molecule is CC1CC(C(=O)O)(N2CCN(C)CC2)CCN1C. The third kappa shape index (κ3) is 2.39. The summed E-state index contributed by atoms with van der Waals surface area (Å²) in [4.78, 5) is 18.6. The second kappa shape index (κ2) is 5.15. The minimum atomic E-state index is -0.632. The van der Waals surface area contributed by atoms with Crippen LogP contribution in [0.15, 0.2) is 0 Å². The molecule has 2 atom stereocenters. The first-order valence-corrected chi connectivity index (χ1v) is 6.83. The van der Waals surface area contributed by atoms with Crippen LogP contribution >= 0.6 is 0 Å². The van der Waals surface area contributed by atoms with Gasteiger partial charge in [0, 0.05) is 38.8 Å². The highest BCUT2D eigenvalue weighted by atomic mass is 16.4. The van der Waals surface area contributed by atoms with Gasteiger partial charge in [0.25, 0.3) is 0 Å². The Hall–Kier alpha value is -0.650. The molecule has 0 aliphatic carbocycles. The van der Waals surface area contributed by atoms with Crippen LogP contribution in [0, 0.1) is 0 Å². The lowest BCUT2D eigenvalue weighted by molar-refractivity contribution is -0.158. The van der Waals surface area contributed by atoms with Crippen molar-refractivity contribution in [1.82, 2.24) is 14.7 Å². The highest BCUT2D eigenvalue weighted by Crippen LogP contribution is 2.32. The predicted octanol–water partition coefficient (Wildman–Crippen LogP) is 0.171. The number of hydrogen-bond acceptors (Lipinski definition) is 4. The van der Waals surface area contributed by atoms with Crippen molar-refractivity contribution in [2.75, 3.05) is 46.8 Å². The van der Waals surface area contributed by atoms with Crippen molar-refractivity contribution < 1.29 is 9.90 Å². The molecule has 0 bridgehead atoms. The number of aliphatic carboxylic acids is 1. The number of likely N-dealkylation sites (tertiary alicyclic amines) is 1. The molecule has 0 amide bonds. The summed E-state index contributed by atoms with van der Waals surface area (Å²) < 4.78 is 0. The summed E-state index contributed by atoms with van der Waals surface area (Å²) in [6.45, 7) is 6.70. The average molecular weight is 255 g/mol. The molecule has 2 aliphatic rings. The van der Waals surface area contributed by atoms with Crippen LogP contribution in [0.25, 0.3) is 0 Å². The molecule has 0 radical (unpaired) electrons. The van der Waals surface area contributed by atoms with Gasteiger partial charge in [0.2, 0.25) is 0 Å². The van der Waals surface area contributed by atoms with Crippen LogP contribution in [0.2, 0.25) is 0 Å². The largest absolute Gasteiger partial charge is 0.480 e. The van der Waals surface area contributed by atoms with Crippen LogP contribution in [0.1, 0.15) is 19.8 Å². The molecule has 1 N–H and O–H groups in total. The summed E-state index contributed by atoms with van der Waals surface area (Å²) in [6.07, 6.45) is 1.48. The number of piperazine rings is 1. The van der Waals surface area contributed by atoms with E-state index < -0.39 is 11.5 Å². The van der Waals surface area contributed by atoms with Crippen molar-refractivity contribution in [3.05, 3.63) is 0 Å². The quantitative estimate of drug-likeness (QED) is 0.762. The van der Waals surface area contributed by atoms with Crippen LogP contribution in [0.4, 0.5) is 0 Å². The van der Waals surface area contributed by atoms with Gasteiger partial charge in [-0.25, -0.2) is 0 Å². The first kappa shape index (κ1) is 13.8. The van der Waals surface area contributed by atoms with Gasteiger partial charge in [-0.05, 0) is 33.9 Å². The summed E-state index contributed by atoms with van der Waals surface area (Å²) in [5.74, 6) is -0.632. The summed E-state index contributed by atoms with van der Waals surface area (Å²) in [6, 6.07) is 0.342. The first-order chi connectivity index (χ1) is 8.45. The number of rotatable bonds is 2. The van der Waals surface area contributed by atoms with Crippen LogP contribution in [0.5, 0.6) is 0 Å². The van der Waals surface area contributed by atoms with Gasteiger partial charge in [-0.15, -0.1) is 0 Å². The summed E-state index contributed by atoms with van der Waals surface area (Å²) in [5, 5.41) is 9.74. The molecule has 0 aromatic heterocycles. The molecule has 2 aliphatic heterocycles. The van der Waals surface area contributed by atoms with Crippen LogP contribution in [0.3, 0.4) is 0 Å². The minimum Gasteiger partial charge on any atom is -0.480 e. The van der Waals surface area contributed by atoms with Crippen molar-refractivity contribution in [2.45, 2.75) is 31.3 Å². The number of carboxylic acid groups (broad SMARTS) is 1. The molecule has 2 saturated heterocycles. The Kier molecular flexibility index (Phi) is 3.94. The Morgan fingerprint density at radius 3 is 2.28 bits per heavy atom. The van der Waals surface area contributed by atoms with Gasteiger partial charge >= 0.3 is 5.97 Å². The molecule has 2 fully saturated rings. The lowest BCUT2D eigenvalue weighted by Crippen LogP contribution is -2.65. The summed E-state index contributed by atoms with van der Waals surface area (Å²) in [5.41, 5.74) is -0.632. The Bertz CT molecular complexity index is 315. The van der Waals surface area contributed by atoms with Crippen molar-refractivity contribution >= 4 is 5.97 Å². The zero-order valence-electron chi connectivity index (χ0n) is 11.7. The topological polar surface area (TPSA) is 47.0 Å². The molecule has 5 nitrogen and oxygen atoms in total. The third-order valence-corrected chi connectivity index (χ3v) is 4.77. The molecule has 5 heteroatoms. The van der Waals surface area contributed by atoms with Gasteiger partial charge in [0.15, 0.2) is 0 Å². The standard InChI is InChI=1S/C13H25N3O2/c1-11-10-13(12(17)18,4-5-15(11)3)16-8-6-14(2)7-9-16/h11H,4-10H2,1-3H3,(H,17,18). The molecular weight excluding hydrogens is 230 g/mol. The molecule has 0 aromatic rings. The maximum absolute atomic E-state index is 11.8. The number of carbonyl (C=O) groups is 1. The molecule has 104 valence electrons. The lowest BCUT2D eigenvalue weighted by Gasteiger charge is -2.50. The normalized spacial score (nSPS) is 36.7. The zero-order chi connectivity index (χ0) is 13.3. The lowest BCUT2D eigenvalue weighted by atomic mass is 9.81. The van der Waals surface area contributed by atoms with Crippen molar-refractivity contribution in [2.24, 2.45) is 0 Å². The van der Waals surface area contributed by atoms with E-state index in [1.165, 1.54) is 0 Å². The van der Waals surface area contributed by atoms with Gasteiger partial charge in [0.1, 0.15) is 5.54 Å². The predicted molar refractivity (Wildman–Crippen MR) is 70.8 cm³/mol. The van der Waals surface area contributed by atoms with Gasteiger partial charge < -0.3 is 14.9 Å². The number of likely N-dealkylation sites (N-methyl/N-ethyl adjacent to an activating group) is 1. The fourth-order valence-corrected chi connectivity index (χ4v) is 3.18. The Balaban J connectivity index is 2.15. The maximum Gasteiger partial charge on any atom is 0.324 e. The van der Waals surface area contributed by atoms with E-state index in [1.54, 1.807) is 0 Å². The average Bonchev–Trinajstić information content (AvgIpc) is 2.33. The second-order valence-electron chi connectivity index (χ2n) is 5.91. The van der Waals surface area contributed by atoms with E-state index in [1.807, 2.05) is 0 Å². The van der Waals surface area contributed by atoms with E-state index in [4.69, 9.17) is 0 Å². The van der Waals surface area contributed by atoms with Crippen molar-refractivity contribution in [3.63, 3.8) is 0 Å². The molecular formula is C13H25N3O2. The highest BCUT2D eigenvalue weighted by molar-refractivity contribution is 5.79. The number of piperidine rings is 1. The van der Waals surface area contributed by atoms with Crippen LogP contribution < -0.4 is 0 Å². The third-order valence-electron chi connectivity index (χ3n) is 4.77. The maximum atomic E-state index is 11.8. The molecule has 18 heavy (non-hydrogen) atoms.